The van der Waals surface area contributed by atoms with Crippen LogP contribution in [-0.2, 0) is 6.54 Å². The molecule has 1 aliphatic rings. The average Bonchev–Trinajstić information content (AvgIpc) is 2.56. The Morgan fingerprint density at radius 1 is 1.00 bits per heavy atom. The Morgan fingerprint density at radius 2 is 1.74 bits per heavy atom. The third-order valence-electron chi connectivity index (χ3n) is 3.59. The van der Waals surface area contributed by atoms with Crippen LogP contribution in [-0.4, -0.2) is 31.7 Å². The van der Waals surface area contributed by atoms with Crippen molar-refractivity contribution in [1.82, 2.24) is 4.90 Å². The monoisotopic (exact) mass is 331 g/mol. The van der Waals surface area contributed by atoms with Crippen molar-refractivity contribution in [2.45, 2.75) is 6.54 Å². The van der Waals surface area contributed by atoms with E-state index in [1.165, 1.54) is 11.1 Å². The smallest absolute Gasteiger partial charge is 0.161 e. The van der Waals surface area contributed by atoms with Gasteiger partial charge in [-0.1, -0.05) is 48.6 Å². The standard InChI is InChI=1S/C19H21NO2.ClH/c1-20(11-5-8-16-6-3-2-4-7-16)15-17-9-10-18-19(14-17)22-13-12-21-18;/h2-10,14H,11-13,15H2,1H3;1H/b8-5+;. The van der Waals surface area contributed by atoms with E-state index >= 15 is 0 Å². The van der Waals surface area contributed by atoms with Gasteiger partial charge in [-0.25, -0.2) is 0 Å². The molecule has 0 aromatic heterocycles. The zero-order valence-electron chi connectivity index (χ0n) is 13.3. The van der Waals surface area contributed by atoms with Crippen molar-refractivity contribution in [2.75, 3.05) is 26.8 Å². The predicted molar refractivity (Wildman–Crippen MR) is 96.5 cm³/mol. The molecule has 4 heteroatoms. The van der Waals surface area contributed by atoms with Crippen molar-refractivity contribution in [3.8, 4) is 11.5 Å². The van der Waals surface area contributed by atoms with Crippen molar-refractivity contribution < 1.29 is 9.47 Å². The van der Waals surface area contributed by atoms with E-state index < -0.39 is 0 Å². The van der Waals surface area contributed by atoms with Crippen molar-refractivity contribution >= 4 is 18.5 Å². The Kier molecular flexibility index (Phi) is 6.51. The van der Waals surface area contributed by atoms with E-state index in [4.69, 9.17) is 9.47 Å². The highest BCUT2D eigenvalue weighted by molar-refractivity contribution is 5.85. The first-order chi connectivity index (χ1) is 10.8. The summed E-state index contributed by atoms with van der Waals surface area (Å²) in [5.74, 6) is 1.71. The SMILES string of the molecule is CN(C/C=C/c1ccccc1)Cc1ccc2c(c1)OCCO2.Cl. The van der Waals surface area contributed by atoms with Gasteiger partial charge in [-0.05, 0) is 30.3 Å². The number of likely N-dealkylation sites (N-methyl/N-ethyl adjacent to an activating group) is 1. The van der Waals surface area contributed by atoms with Gasteiger partial charge >= 0.3 is 0 Å². The molecule has 3 rings (SSSR count). The molecule has 0 bridgehead atoms. The third kappa shape index (κ3) is 5.02. The zero-order valence-corrected chi connectivity index (χ0v) is 14.1. The molecule has 0 aliphatic carbocycles. The second-order valence-corrected chi connectivity index (χ2v) is 5.49. The molecule has 0 spiro atoms. The van der Waals surface area contributed by atoms with Crippen molar-refractivity contribution in [1.29, 1.82) is 0 Å². The van der Waals surface area contributed by atoms with Gasteiger partial charge in [0.1, 0.15) is 13.2 Å². The molecule has 1 heterocycles. The highest BCUT2D eigenvalue weighted by atomic mass is 35.5. The molecule has 2 aromatic carbocycles. The Bertz CT molecular complexity index is 643. The molecule has 0 saturated carbocycles. The van der Waals surface area contributed by atoms with Crippen LogP contribution in [0.4, 0.5) is 0 Å². The number of nitrogens with zero attached hydrogens (tertiary/aromatic N) is 1. The molecule has 0 fully saturated rings. The fraction of sp³-hybridized carbons (Fsp3) is 0.263. The van der Waals surface area contributed by atoms with E-state index in [0.29, 0.717) is 13.2 Å². The lowest BCUT2D eigenvalue weighted by molar-refractivity contribution is 0.171. The molecule has 1 aliphatic heterocycles. The van der Waals surface area contributed by atoms with E-state index in [-0.39, 0.29) is 12.4 Å². The molecule has 0 radical (unpaired) electrons. The van der Waals surface area contributed by atoms with Gasteiger partial charge in [-0.2, -0.15) is 0 Å². The van der Waals surface area contributed by atoms with E-state index in [2.05, 4.69) is 60.5 Å². The molecule has 23 heavy (non-hydrogen) atoms. The van der Waals surface area contributed by atoms with Gasteiger partial charge in [0.05, 0.1) is 0 Å². The summed E-state index contributed by atoms with van der Waals surface area (Å²) in [5, 5.41) is 0. The summed E-state index contributed by atoms with van der Waals surface area (Å²) in [5.41, 5.74) is 2.47. The van der Waals surface area contributed by atoms with Crippen molar-refractivity contribution in [3.63, 3.8) is 0 Å². The van der Waals surface area contributed by atoms with Crippen LogP contribution in [0.2, 0.25) is 0 Å². The maximum Gasteiger partial charge on any atom is 0.161 e. The summed E-state index contributed by atoms with van der Waals surface area (Å²) in [6, 6.07) is 16.5. The van der Waals surface area contributed by atoms with Gasteiger partial charge in [0, 0.05) is 13.1 Å². The van der Waals surface area contributed by atoms with Crippen LogP contribution in [0.3, 0.4) is 0 Å². The van der Waals surface area contributed by atoms with Crippen LogP contribution in [0.15, 0.2) is 54.6 Å². The normalized spacial score (nSPS) is 13.1. The summed E-state index contributed by atoms with van der Waals surface area (Å²) in [7, 11) is 2.12. The summed E-state index contributed by atoms with van der Waals surface area (Å²) in [4.78, 5) is 2.27. The highest BCUT2D eigenvalue weighted by Gasteiger charge is 2.12. The maximum absolute atomic E-state index is 5.63. The molecule has 2 aromatic rings. The Balaban J connectivity index is 0.00000192. The zero-order chi connectivity index (χ0) is 15.2. The third-order valence-corrected chi connectivity index (χ3v) is 3.59. The Morgan fingerprint density at radius 3 is 2.52 bits per heavy atom. The fourth-order valence-corrected chi connectivity index (χ4v) is 2.50. The van der Waals surface area contributed by atoms with E-state index in [1.807, 2.05) is 12.1 Å². The molecule has 3 nitrogen and oxygen atoms in total. The van der Waals surface area contributed by atoms with E-state index in [9.17, 15) is 0 Å². The first kappa shape index (κ1) is 17.4. The van der Waals surface area contributed by atoms with Crippen LogP contribution in [0, 0.1) is 0 Å². The highest BCUT2D eigenvalue weighted by Crippen LogP contribution is 2.30. The van der Waals surface area contributed by atoms with Crippen LogP contribution in [0.5, 0.6) is 11.5 Å². The Hall–Kier alpha value is -1.97. The van der Waals surface area contributed by atoms with Gasteiger partial charge in [-0.3, -0.25) is 4.90 Å². The minimum atomic E-state index is 0. The molecule has 122 valence electrons. The Labute approximate surface area is 143 Å². The minimum absolute atomic E-state index is 0. The van der Waals surface area contributed by atoms with Gasteiger partial charge < -0.3 is 9.47 Å². The number of hydrogen-bond acceptors (Lipinski definition) is 3. The number of benzene rings is 2. The first-order valence-corrected chi connectivity index (χ1v) is 7.60. The van der Waals surface area contributed by atoms with Crippen LogP contribution >= 0.6 is 12.4 Å². The van der Waals surface area contributed by atoms with Gasteiger partial charge in [-0.15, -0.1) is 12.4 Å². The largest absolute Gasteiger partial charge is 0.486 e. The number of fused-ring (bicyclic) bond motifs is 1. The molecule has 0 unspecified atom stereocenters. The fourth-order valence-electron chi connectivity index (χ4n) is 2.50. The molecule has 0 amide bonds. The van der Waals surface area contributed by atoms with Gasteiger partial charge in [0.25, 0.3) is 0 Å². The van der Waals surface area contributed by atoms with E-state index in [1.54, 1.807) is 0 Å². The van der Waals surface area contributed by atoms with Gasteiger partial charge in [0.2, 0.25) is 0 Å². The summed E-state index contributed by atoms with van der Waals surface area (Å²) >= 11 is 0. The molecular formula is C19H22ClNO2. The lowest BCUT2D eigenvalue weighted by Crippen LogP contribution is -2.19. The van der Waals surface area contributed by atoms with E-state index in [0.717, 1.165) is 24.6 Å². The molecule has 0 saturated heterocycles. The lowest BCUT2D eigenvalue weighted by Gasteiger charge is -2.20. The summed E-state index contributed by atoms with van der Waals surface area (Å²) < 4.78 is 11.2. The second kappa shape index (κ2) is 8.61. The number of rotatable bonds is 5. The molecular weight excluding hydrogens is 310 g/mol. The number of halogens is 1. The van der Waals surface area contributed by atoms with Crippen molar-refractivity contribution in [3.05, 3.63) is 65.7 Å². The number of ether oxygens (including phenoxy) is 2. The second-order valence-electron chi connectivity index (χ2n) is 5.49. The quantitative estimate of drug-likeness (QED) is 0.825. The summed E-state index contributed by atoms with van der Waals surface area (Å²) in [6.45, 7) is 3.06. The number of hydrogen-bond donors (Lipinski definition) is 0. The maximum atomic E-state index is 5.63. The van der Waals surface area contributed by atoms with Crippen LogP contribution < -0.4 is 9.47 Å². The van der Waals surface area contributed by atoms with Crippen molar-refractivity contribution in [2.24, 2.45) is 0 Å². The first-order valence-electron chi connectivity index (χ1n) is 7.60. The lowest BCUT2D eigenvalue weighted by atomic mass is 10.2. The molecule has 0 N–H and O–H groups in total. The molecule has 0 atom stereocenters. The summed E-state index contributed by atoms with van der Waals surface area (Å²) in [6.07, 6.45) is 4.34. The average molecular weight is 332 g/mol. The van der Waals surface area contributed by atoms with Crippen LogP contribution in [0.25, 0.3) is 6.08 Å². The topological polar surface area (TPSA) is 21.7 Å². The predicted octanol–water partition coefficient (Wildman–Crippen LogP) is 4.02. The van der Waals surface area contributed by atoms with Crippen LogP contribution in [0.1, 0.15) is 11.1 Å². The minimum Gasteiger partial charge on any atom is -0.486 e. The van der Waals surface area contributed by atoms with Gasteiger partial charge in [0.15, 0.2) is 11.5 Å².